The zero-order valence-electron chi connectivity index (χ0n) is 17.2. The van der Waals surface area contributed by atoms with E-state index in [0.29, 0.717) is 18.6 Å². The molecule has 0 saturated heterocycles. The molecule has 4 fully saturated rings. The number of aliphatic hydroxyl groups excluding tert-OH is 1. The summed E-state index contributed by atoms with van der Waals surface area (Å²) in [6.07, 6.45) is 8.23. The molecule has 0 radical (unpaired) electrons. The zero-order valence-corrected chi connectivity index (χ0v) is 17.2. The van der Waals surface area contributed by atoms with Crippen molar-refractivity contribution >= 4 is 0 Å². The molecule has 0 spiro atoms. The summed E-state index contributed by atoms with van der Waals surface area (Å²) in [5.41, 5.74) is 2.63. The van der Waals surface area contributed by atoms with E-state index in [1.807, 2.05) is 42.5 Å². The molecule has 2 N–H and O–H groups in total. The van der Waals surface area contributed by atoms with Crippen LogP contribution in [0.25, 0.3) is 0 Å². The molecule has 4 aliphatic rings. The standard InChI is InChI=1S/C26H33NO2/c28-25(16-27-18-26-13-20-10-21(14-26)12-22(11-20)15-26)23-6-8-24(9-7-23)29-17-19-4-2-1-3-5-19/h1-9,20-22,25,27-28H,10-18H2. The second kappa shape index (κ2) is 8.12. The van der Waals surface area contributed by atoms with Crippen LogP contribution in [0, 0.1) is 23.2 Å². The van der Waals surface area contributed by atoms with Crippen molar-refractivity contribution in [3.05, 3.63) is 65.7 Å². The molecular weight excluding hydrogens is 358 g/mol. The van der Waals surface area contributed by atoms with E-state index in [1.54, 1.807) is 0 Å². The number of ether oxygens (including phenoxy) is 1. The quantitative estimate of drug-likeness (QED) is 0.657. The Labute approximate surface area is 174 Å². The van der Waals surface area contributed by atoms with E-state index in [9.17, 15) is 5.11 Å². The monoisotopic (exact) mass is 391 g/mol. The predicted molar refractivity (Wildman–Crippen MR) is 116 cm³/mol. The lowest BCUT2D eigenvalue weighted by atomic mass is 9.49. The van der Waals surface area contributed by atoms with Crippen molar-refractivity contribution in [2.75, 3.05) is 13.1 Å². The van der Waals surface area contributed by atoms with Crippen LogP contribution in [-0.2, 0) is 6.61 Å². The van der Waals surface area contributed by atoms with E-state index in [2.05, 4.69) is 17.4 Å². The third kappa shape index (κ3) is 4.36. The van der Waals surface area contributed by atoms with E-state index in [-0.39, 0.29) is 0 Å². The fraction of sp³-hybridized carbons (Fsp3) is 0.538. The van der Waals surface area contributed by atoms with E-state index >= 15 is 0 Å². The molecule has 154 valence electrons. The third-order valence-electron chi connectivity index (χ3n) is 7.52. The fourth-order valence-corrected chi connectivity index (χ4v) is 6.63. The molecule has 3 nitrogen and oxygen atoms in total. The lowest BCUT2D eigenvalue weighted by molar-refractivity contribution is -0.0521. The van der Waals surface area contributed by atoms with Crippen molar-refractivity contribution in [1.82, 2.24) is 5.32 Å². The van der Waals surface area contributed by atoms with Crippen LogP contribution in [-0.4, -0.2) is 18.2 Å². The second-order valence-electron chi connectivity index (χ2n) is 9.91. The summed E-state index contributed by atoms with van der Waals surface area (Å²) >= 11 is 0. The average Bonchev–Trinajstić information content (AvgIpc) is 2.72. The summed E-state index contributed by atoms with van der Waals surface area (Å²) in [6.45, 7) is 2.27. The van der Waals surface area contributed by atoms with Crippen LogP contribution >= 0.6 is 0 Å². The van der Waals surface area contributed by atoms with Gasteiger partial charge >= 0.3 is 0 Å². The number of hydrogen-bond donors (Lipinski definition) is 2. The molecule has 6 rings (SSSR count). The Hall–Kier alpha value is -1.84. The van der Waals surface area contributed by atoms with Crippen LogP contribution in [0.5, 0.6) is 5.75 Å². The van der Waals surface area contributed by atoms with E-state index in [4.69, 9.17) is 4.74 Å². The number of nitrogens with one attached hydrogen (secondary N) is 1. The molecule has 0 aromatic heterocycles. The summed E-state index contributed by atoms with van der Waals surface area (Å²) in [7, 11) is 0. The minimum absolute atomic E-state index is 0.466. The fourth-order valence-electron chi connectivity index (χ4n) is 6.63. The summed E-state index contributed by atoms with van der Waals surface area (Å²) in [5.74, 6) is 3.79. The van der Waals surface area contributed by atoms with Crippen LogP contribution in [0.2, 0.25) is 0 Å². The highest BCUT2D eigenvalue weighted by atomic mass is 16.5. The molecule has 0 aliphatic heterocycles. The molecule has 4 aliphatic carbocycles. The van der Waals surface area contributed by atoms with Crippen LogP contribution in [0.4, 0.5) is 0 Å². The first-order chi connectivity index (χ1) is 14.2. The van der Waals surface area contributed by atoms with Gasteiger partial charge in [0.2, 0.25) is 0 Å². The number of benzene rings is 2. The highest BCUT2D eigenvalue weighted by molar-refractivity contribution is 5.29. The van der Waals surface area contributed by atoms with Gasteiger partial charge in [-0.05, 0) is 85.0 Å². The normalized spacial score (nSPS) is 31.0. The lowest BCUT2D eigenvalue weighted by Gasteiger charge is -2.57. The van der Waals surface area contributed by atoms with Gasteiger partial charge in [-0.2, -0.15) is 0 Å². The van der Waals surface area contributed by atoms with Crippen LogP contribution in [0.1, 0.15) is 55.8 Å². The molecule has 1 unspecified atom stereocenters. The molecule has 0 amide bonds. The van der Waals surface area contributed by atoms with Gasteiger partial charge in [0.15, 0.2) is 0 Å². The third-order valence-corrected chi connectivity index (χ3v) is 7.52. The molecule has 1 atom stereocenters. The van der Waals surface area contributed by atoms with Gasteiger partial charge in [-0.1, -0.05) is 42.5 Å². The molecule has 29 heavy (non-hydrogen) atoms. The first-order valence-electron chi connectivity index (χ1n) is 11.3. The molecule has 2 aromatic carbocycles. The molecule has 3 heteroatoms. The first-order valence-corrected chi connectivity index (χ1v) is 11.3. The van der Waals surface area contributed by atoms with Crippen LogP contribution < -0.4 is 10.1 Å². The Bertz CT molecular complexity index is 766. The van der Waals surface area contributed by atoms with Crippen molar-refractivity contribution in [3.63, 3.8) is 0 Å². The topological polar surface area (TPSA) is 41.5 Å². The smallest absolute Gasteiger partial charge is 0.119 e. The summed E-state index contributed by atoms with van der Waals surface area (Å²) in [6, 6.07) is 18.1. The predicted octanol–water partition coefficient (Wildman–Crippen LogP) is 5.11. The Morgan fingerprint density at radius 1 is 0.897 bits per heavy atom. The highest BCUT2D eigenvalue weighted by Gasteiger charge is 2.50. The highest BCUT2D eigenvalue weighted by Crippen LogP contribution is 2.59. The van der Waals surface area contributed by atoms with E-state index < -0.39 is 6.10 Å². The second-order valence-corrected chi connectivity index (χ2v) is 9.91. The maximum atomic E-state index is 10.6. The Kier molecular flexibility index (Phi) is 5.36. The molecular formula is C26H33NO2. The number of aliphatic hydroxyl groups is 1. The minimum Gasteiger partial charge on any atom is -0.489 e. The Balaban J connectivity index is 1.10. The van der Waals surface area contributed by atoms with E-state index in [1.165, 1.54) is 38.5 Å². The van der Waals surface area contributed by atoms with Crippen molar-refractivity contribution in [1.29, 1.82) is 0 Å². The summed E-state index contributed by atoms with van der Waals surface area (Å²) in [5, 5.41) is 14.2. The largest absolute Gasteiger partial charge is 0.489 e. The van der Waals surface area contributed by atoms with Crippen molar-refractivity contribution in [2.45, 2.75) is 51.2 Å². The Morgan fingerprint density at radius 3 is 2.14 bits per heavy atom. The van der Waals surface area contributed by atoms with Gasteiger partial charge in [0.05, 0.1) is 6.10 Å². The summed E-state index contributed by atoms with van der Waals surface area (Å²) < 4.78 is 5.85. The molecule has 4 saturated carbocycles. The van der Waals surface area contributed by atoms with Gasteiger partial charge in [-0.3, -0.25) is 0 Å². The first kappa shape index (κ1) is 19.1. The maximum Gasteiger partial charge on any atom is 0.119 e. The van der Waals surface area contributed by atoms with Gasteiger partial charge in [-0.15, -0.1) is 0 Å². The molecule has 4 bridgehead atoms. The summed E-state index contributed by atoms with van der Waals surface area (Å²) in [4.78, 5) is 0. The average molecular weight is 392 g/mol. The van der Waals surface area contributed by atoms with Gasteiger partial charge in [-0.25, -0.2) is 0 Å². The SMILES string of the molecule is OC(CNCC12CC3CC(CC(C3)C1)C2)c1ccc(OCc2ccccc2)cc1. The van der Waals surface area contributed by atoms with Crippen LogP contribution in [0.3, 0.4) is 0 Å². The number of rotatable bonds is 8. The molecule has 2 aromatic rings. The maximum absolute atomic E-state index is 10.6. The molecule has 0 heterocycles. The zero-order chi connectivity index (χ0) is 19.7. The van der Waals surface area contributed by atoms with Crippen molar-refractivity contribution < 1.29 is 9.84 Å². The van der Waals surface area contributed by atoms with Crippen molar-refractivity contribution in [3.8, 4) is 5.75 Å². The van der Waals surface area contributed by atoms with Gasteiger partial charge in [0.1, 0.15) is 12.4 Å². The lowest BCUT2D eigenvalue weighted by Crippen LogP contribution is -2.50. The van der Waals surface area contributed by atoms with Gasteiger partial charge < -0.3 is 15.2 Å². The Morgan fingerprint density at radius 2 is 1.52 bits per heavy atom. The number of hydrogen-bond acceptors (Lipinski definition) is 3. The van der Waals surface area contributed by atoms with Gasteiger partial charge in [0.25, 0.3) is 0 Å². The van der Waals surface area contributed by atoms with Gasteiger partial charge in [0, 0.05) is 13.1 Å². The van der Waals surface area contributed by atoms with Crippen molar-refractivity contribution in [2.24, 2.45) is 23.2 Å². The van der Waals surface area contributed by atoms with Crippen LogP contribution in [0.15, 0.2) is 54.6 Å². The van der Waals surface area contributed by atoms with E-state index in [0.717, 1.165) is 41.2 Å². The minimum atomic E-state index is -0.466.